The van der Waals surface area contributed by atoms with Gasteiger partial charge >= 0.3 is 0 Å². The number of benzene rings is 1. The average Bonchev–Trinajstić information content (AvgIpc) is 2.99. The summed E-state index contributed by atoms with van der Waals surface area (Å²) in [6.45, 7) is 6.56. The lowest BCUT2D eigenvalue weighted by Gasteiger charge is -2.30. The number of nitrogens with two attached hydrogens (primary N) is 1. The number of fused-ring (bicyclic) bond motifs is 3. The van der Waals surface area contributed by atoms with Gasteiger partial charge < -0.3 is 15.8 Å². The van der Waals surface area contributed by atoms with Gasteiger partial charge in [0.2, 0.25) is 5.91 Å². The van der Waals surface area contributed by atoms with Crippen LogP contribution < -0.4 is 11.1 Å². The molecule has 1 aliphatic heterocycles. The van der Waals surface area contributed by atoms with Gasteiger partial charge in [-0.3, -0.25) is 4.79 Å². The normalized spacial score (nSPS) is 16.5. The lowest BCUT2D eigenvalue weighted by molar-refractivity contribution is -0.115. The molecule has 3 N–H and O–H groups in total. The van der Waals surface area contributed by atoms with Crippen LogP contribution in [-0.4, -0.2) is 26.7 Å². The van der Waals surface area contributed by atoms with Gasteiger partial charge in [0, 0.05) is 17.0 Å². The molecule has 146 valence electrons. The van der Waals surface area contributed by atoms with Crippen LogP contribution in [0.25, 0.3) is 10.2 Å². The molecular weight excluding hydrogens is 392 g/mol. The van der Waals surface area contributed by atoms with Crippen LogP contribution in [0.1, 0.15) is 31.2 Å². The number of aromatic nitrogens is 2. The van der Waals surface area contributed by atoms with Gasteiger partial charge in [0.1, 0.15) is 10.6 Å². The summed E-state index contributed by atoms with van der Waals surface area (Å²) in [7, 11) is 0. The fourth-order valence-corrected chi connectivity index (χ4v) is 5.13. The van der Waals surface area contributed by atoms with Gasteiger partial charge in [-0.2, -0.15) is 0 Å². The van der Waals surface area contributed by atoms with E-state index in [0.717, 1.165) is 27.2 Å². The summed E-state index contributed by atoms with van der Waals surface area (Å²) in [4.78, 5) is 23.6. The third-order valence-corrected chi connectivity index (χ3v) is 6.69. The molecular formula is C20H22N4O2S2. The molecule has 3 aromatic rings. The first-order valence-electron chi connectivity index (χ1n) is 9.07. The van der Waals surface area contributed by atoms with Crippen molar-refractivity contribution in [3.8, 4) is 0 Å². The van der Waals surface area contributed by atoms with E-state index in [1.807, 2.05) is 37.3 Å². The number of anilines is 2. The predicted molar refractivity (Wildman–Crippen MR) is 115 cm³/mol. The van der Waals surface area contributed by atoms with Gasteiger partial charge in [0.15, 0.2) is 5.16 Å². The fourth-order valence-electron chi connectivity index (χ4n) is 3.18. The number of carbonyl (C=O) groups excluding carboxylic acids is 1. The standard InChI is InChI=1S/C20H22N4O2S2/c1-11(17(25)22-12-7-5-4-6-8-12)27-19-23-16(21)15-13-9-20(2,3)26-10-14(13)28-18(15)24-19/h4-8,11H,9-10H2,1-3H3,(H,22,25)(H2,21,23,24)/t11-/m1/s1. The van der Waals surface area contributed by atoms with Crippen LogP contribution in [0.2, 0.25) is 0 Å². The molecule has 3 heterocycles. The first kappa shape index (κ1) is 19.2. The van der Waals surface area contributed by atoms with Crippen LogP contribution in [0.15, 0.2) is 35.5 Å². The number of thiophene rings is 1. The van der Waals surface area contributed by atoms with E-state index < -0.39 is 0 Å². The molecule has 0 unspecified atom stereocenters. The van der Waals surface area contributed by atoms with E-state index in [1.165, 1.54) is 17.3 Å². The maximum atomic E-state index is 12.5. The van der Waals surface area contributed by atoms with E-state index in [4.69, 9.17) is 10.5 Å². The molecule has 2 aromatic heterocycles. The Balaban J connectivity index is 1.56. The Labute approximate surface area is 171 Å². The Morgan fingerprint density at radius 1 is 1.32 bits per heavy atom. The minimum absolute atomic E-state index is 0.0981. The summed E-state index contributed by atoms with van der Waals surface area (Å²) in [6, 6.07) is 9.39. The summed E-state index contributed by atoms with van der Waals surface area (Å²) in [6.07, 6.45) is 0.790. The highest BCUT2D eigenvalue weighted by atomic mass is 32.2. The highest BCUT2D eigenvalue weighted by Crippen LogP contribution is 2.41. The van der Waals surface area contributed by atoms with Crippen molar-refractivity contribution in [3.63, 3.8) is 0 Å². The van der Waals surface area contributed by atoms with Crippen LogP contribution in [-0.2, 0) is 22.6 Å². The molecule has 1 aromatic carbocycles. The molecule has 0 saturated heterocycles. The van der Waals surface area contributed by atoms with Crippen molar-refractivity contribution < 1.29 is 9.53 Å². The number of para-hydroxylation sites is 1. The lowest BCUT2D eigenvalue weighted by Crippen LogP contribution is -2.31. The molecule has 1 aliphatic rings. The van der Waals surface area contributed by atoms with Gasteiger partial charge in [-0.25, -0.2) is 9.97 Å². The number of rotatable bonds is 4. The second-order valence-corrected chi connectivity index (χ2v) is 9.81. The lowest BCUT2D eigenvalue weighted by atomic mass is 9.94. The Kier molecular flexibility index (Phi) is 5.03. The van der Waals surface area contributed by atoms with Crippen molar-refractivity contribution in [2.24, 2.45) is 0 Å². The summed E-state index contributed by atoms with van der Waals surface area (Å²) in [5.41, 5.74) is 8.04. The fraction of sp³-hybridized carbons (Fsp3) is 0.350. The molecule has 1 amide bonds. The number of hydrogen-bond donors (Lipinski definition) is 2. The maximum Gasteiger partial charge on any atom is 0.237 e. The second-order valence-electron chi connectivity index (χ2n) is 7.42. The Bertz CT molecular complexity index is 1030. The van der Waals surface area contributed by atoms with Crippen LogP contribution in [0.3, 0.4) is 0 Å². The SMILES string of the molecule is C[C@@H](Sc1nc(N)c2c3c(sc2n1)COC(C)(C)C3)C(=O)Nc1ccccc1. The first-order valence-corrected chi connectivity index (χ1v) is 10.8. The molecule has 1 atom stereocenters. The summed E-state index contributed by atoms with van der Waals surface area (Å²) in [5, 5.41) is 4.00. The van der Waals surface area contributed by atoms with E-state index in [-0.39, 0.29) is 16.8 Å². The monoisotopic (exact) mass is 414 g/mol. The van der Waals surface area contributed by atoms with Gasteiger partial charge in [-0.05, 0) is 38.5 Å². The molecule has 0 spiro atoms. The molecule has 8 heteroatoms. The number of amides is 1. The highest BCUT2D eigenvalue weighted by Gasteiger charge is 2.31. The summed E-state index contributed by atoms with van der Waals surface area (Å²) in [5.74, 6) is 0.373. The molecule has 0 saturated carbocycles. The van der Waals surface area contributed by atoms with E-state index in [0.29, 0.717) is 17.6 Å². The largest absolute Gasteiger partial charge is 0.383 e. The third-order valence-electron chi connectivity index (χ3n) is 4.63. The van der Waals surface area contributed by atoms with E-state index in [9.17, 15) is 4.79 Å². The molecule has 0 bridgehead atoms. The van der Waals surface area contributed by atoms with Gasteiger partial charge in [-0.1, -0.05) is 30.0 Å². The average molecular weight is 415 g/mol. The van der Waals surface area contributed by atoms with Crippen LogP contribution in [0.4, 0.5) is 11.5 Å². The van der Waals surface area contributed by atoms with Crippen molar-refractivity contribution in [2.45, 2.75) is 49.8 Å². The summed E-state index contributed by atoms with van der Waals surface area (Å²) >= 11 is 2.90. The molecule has 4 rings (SSSR count). The van der Waals surface area contributed by atoms with Gasteiger partial charge in [-0.15, -0.1) is 11.3 Å². The zero-order valence-electron chi connectivity index (χ0n) is 16.0. The van der Waals surface area contributed by atoms with E-state index in [2.05, 4.69) is 29.1 Å². The minimum atomic E-state index is -0.353. The zero-order chi connectivity index (χ0) is 19.9. The zero-order valence-corrected chi connectivity index (χ0v) is 17.6. The highest BCUT2D eigenvalue weighted by molar-refractivity contribution is 8.00. The van der Waals surface area contributed by atoms with Crippen molar-refractivity contribution in [1.29, 1.82) is 0 Å². The number of hydrogen-bond acceptors (Lipinski definition) is 7. The number of nitrogens with zero attached hydrogens (tertiary/aromatic N) is 2. The minimum Gasteiger partial charge on any atom is -0.383 e. The number of carbonyl (C=O) groups is 1. The molecule has 28 heavy (non-hydrogen) atoms. The molecule has 0 aliphatic carbocycles. The molecule has 0 fully saturated rings. The molecule has 0 radical (unpaired) electrons. The van der Waals surface area contributed by atoms with Crippen LogP contribution in [0, 0.1) is 0 Å². The Hall–Kier alpha value is -2.16. The number of ether oxygens (including phenoxy) is 1. The van der Waals surface area contributed by atoms with Crippen molar-refractivity contribution in [2.75, 3.05) is 11.1 Å². The quantitative estimate of drug-likeness (QED) is 0.490. The Morgan fingerprint density at radius 3 is 2.82 bits per heavy atom. The van der Waals surface area contributed by atoms with Crippen LogP contribution >= 0.6 is 23.1 Å². The van der Waals surface area contributed by atoms with E-state index in [1.54, 1.807) is 11.3 Å². The van der Waals surface area contributed by atoms with Crippen molar-refractivity contribution in [1.82, 2.24) is 9.97 Å². The predicted octanol–water partition coefficient (Wildman–Crippen LogP) is 4.24. The Morgan fingerprint density at radius 2 is 2.07 bits per heavy atom. The summed E-state index contributed by atoms with van der Waals surface area (Å²) < 4.78 is 5.91. The van der Waals surface area contributed by atoms with Crippen molar-refractivity contribution in [3.05, 3.63) is 40.8 Å². The van der Waals surface area contributed by atoms with Crippen LogP contribution in [0.5, 0.6) is 0 Å². The number of thioether (sulfide) groups is 1. The van der Waals surface area contributed by atoms with Gasteiger partial charge in [0.25, 0.3) is 0 Å². The van der Waals surface area contributed by atoms with Gasteiger partial charge in [0.05, 0.1) is 22.8 Å². The topological polar surface area (TPSA) is 90.1 Å². The van der Waals surface area contributed by atoms with Crippen molar-refractivity contribution >= 4 is 50.7 Å². The smallest absolute Gasteiger partial charge is 0.237 e. The third kappa shape index (κ3) is 3.85. The first-order chi connectivity index (χ1) is 13.3. The molecule has 6 nitrogen and oxygen atoms in total. The maximum absolute atomic E-state index is 12.5. The number of nitrogen functional groups attached to an aromatic ring is 1. The second kappa shape index (κ2) is 7.35. The van der Waals surface area contributed by atoms with E-state index >= 15 is 0 Å². The number of nitrogens with one attached hydrogen (secondary N) is 1.